The van der Waals surface area contributed by atoms with Gasteiger partial charge in [-0.2, -0.15) is 0 Å². The fourth-order valence-corrected chi connectivity index (χ4v) is 9.32. The Morgan fingerprint density at radius 2 is 1.27 bits per heavy atom. The van der Waals surface area contributed by atoms with Gasteiger partial charge in [0.1, 0.15) is 12.6 Å². The van der Waals surface area contributed by atoms with Crippen LogP contribution in [0.2, 0.25) is 18.1 Å². The van der Waals surface area contributed by atoms with Crippen molar-refractivity contribution >= 4 is 26.1 Å². The maximum atomic E-state index is 14.3. The van der Waals surface area contributed by atoms with E-state index in [2.05, 4.69) is 70.2 Å². The van der Waals surface area contributed by atoms with E-state index in [1.807, 2.05) is 81.4 Å². The first-order valence-corrected chi connectivity index (χ1v) is 28.5. The van der Waals surface area contributed by atoms with Gasteiger partial charge in [-0.25, -0.2) is 4.79 Å². The van der Waals surface area contributed by atoms with Crippen molar-refractivity contribution in [3.8, 4) is 0 Å². The van der Waals surface area contributed by atoms with Gasteiger partial charge in [-0.1, -0.05) is 199 Å². The van der Waals surface area contributed by atoms with Crippen molar-refractivity contribution in [2.45, 2.75) is 207 Å². The average Bonchev–Trinajstić information content (AvgIpc) is 3.29. The fraction of sp³-hybridized carbons (Fsp3) is 0.691. The van der Waals surface area contributed by atoms with Gasteiger partial charge < -0.3 is 39.7 Å². The van der Waals surface area contributed by atoms with Crippen LogP contribution in [0.25, 0.3) is 0 Å². The van der Waals surface area contributed by atoms with Gasteiger partial charge in [0.05, 0.1) is 44.2 Å². The summed E-state index contributed by atoms with van der Waals surface area (Å²) in [7, 11) is -2.14. The number of unbranched alkanes of at least 4 members (excludes halogenated alkanes) is 10. The maximum absolute atomic E-state index is 14.3. The van der Waals surface area contributed by atoms with Crippen LogP contribution in [0.3, 0.4) is 0 Å². The van der Waals surface area contributed by atoms with Gasteiger partial charge in [-0.05, 0) is 54.4 Å². The summed E-state index contributed by atoms with van der Waals surface area (Å²) in [4.78, 5) is 41.8. The van der Waals surface area contributed by atoms with Crippen LogP contribution in [0.1, 0.15) is 150 Å². The third-order valence-corrected chi connectivity index (χ3v) is 17.9. The number of ether oxygens (including phenoxy) is 3. The molecule has 4 N–H and O–H groups in total. The number of esters is 1. The number of aliphatic hydroxyl groups excluding tert-OH is 1. The van der Waals surface area contributed by atoms with Crippen molar-refractivity contribution in [2.75, 3.05) is 19.8 Å². The number of hydrogen-bond acceptors (Lipinski definition) is 9. The van der Waals surface area contributed by atoms with E-state index in [-0.39, 0.29) is 55.3 Å². The van der Waals surface area contributed by atoms with Gasteiger partial charge in [-0.15, -0.1) is 0 Å². The second-order valence-electron chi connectivity index (χ2n) is 20.7. The molecule has 8 atom stereocenters. The van der Waals surface area contributed by atoms with Crippen LogP contribution in [0.15, 0.2) is 73.3 Å². The Kier molecular flexibility index (Phi) is 28.9. The zero-order chi connectivity index (χ0) is 49.8. The molecular formula is C55H93N3O8Si. The first-order chi connectivity index (χ1) is 31.8. The Hall–Kier alpha value is -3.39. The van der Waals surface area contributed by atoms with Gasteiger partial charge in [0, 0.05) is 12.5 Å². The summed E-state index contributed by atoms with van der Waals surface area (Å²) in [5.74, 6) is -2.22. The molecule has 380 valence electrons. The Morgan fingerprint density at radius 1 is 0.746 bits per heavy atom. The van der Waals surface area contributed by atoms with E-state index < -0.39 is 56.4 Å². The highest BCUT2D eigenvalue weighted by Gasteiger charge is 2.42. The molecule has 0 fully saturated rings. The Morgan fingerprint density at radius 3 is 1.79 bits per heavy atom. The molecule has 0 aliphatic rings. The minimum Gasteiger partial charge on any atom is -0.460 e. The third-order valence-electron chi connectivity index (χ3n) is 13.4. The lowest BCUT2D eigenvalue weighted by molar-refractivity contribution is -0.149. The molecule has 0 spiro atoms. The van der Waals surface area contributed by atoms with Crippen molar-refractivity contribution in [3.05, 3.63) is 84.4 Å². The maximum Gasteiger partial charge on any atom is 0.331 e. The van der Waals surface area contributed by atoms with Crippen LogP contribution < -0.4 is 16.0 Å². The summed E-state index contributed by atoms with van der Waals surface area (Å²) in [6, 6.07) is 16.0. The number of aliphatic hydroxyl groups is 1. The molecule has 2 amide bonds. The summed E-state index contributed by atoms with van der Waals surface area (Å²) < 4.78 is 24.5. The van der Waals surface area contributed by atoms with Gasteiger partial charge in [0.25, 0.3) is 0 Å². The molecule has 0 saturated heterocycles. The lowest BCUT2D eigenvalue weighted by Gasteiger charge is -2.42. The lowest BCUT2D eigenvalue weighted by atomic mass is 9.86. The van der Waals surface area contributed by atoms with E-state index in [0.29, 0.717) is 6.54 Å². The number of hydrogen-bond donors (Lipinski definition) is 4. The number of carbonyl (C=O) groups is 3. The molecule has 0 heterocycles. The molecule has 67 heavy (non-hydrogen) atoms. The number of nitrogens with one attached hydrogen (secondary N) is 3. The molecule has 0 unspecified atom stereocenters. The van der Waals surface area contributed by atoms with Gasteiger partial charge >= 0.3 is 5.97 Å². The second kappa shape index (κ2) is 32.4. The standard InChI is InChI=1S/C55H93N3O8Si/c1-13-15-16-17-18-19-20-21-22-23-30-35-48(66-67(11,12)55(8,9)10)43(6)51(59)42(5)37-56-49(41(3)4)52(60)58-50(44(7)65-39-46-33-28-25-29-34-46)53(61)57-47(54(62)64-36-14-2)40-63-38-45-31-26-24-27-32-45/h14,24-29,31-34,41-44,47-51,56,59H,2,13,15-23,30,35-40H2,1,3-12H3,(H,57,61)(H,58,60)/t42-,43+,44+,47+,48-,49+,50+,51-/m1/s1. The summed E-state index contributed by atoms with van der Waals surface area (Å²) >= 11 is 0. The predicted molar refractivity (Wildman–Crippen MR) is 276 cm³/mol. The average molecular weight is 952 g/mol. The smallest absolute Gasteiger partial charge is 0.331 e. The fourth-order valence-electron chi connectivity index (χ4n) is 7.87. The van der Waals surface area contributed by atoms with Crippen molar-refractivity contribution in [1.82, 2.24) is 16.0 Å². The van der Waals surface area contributed by atoms with Crippen LogP contribution >= 0.6 is 0 Å². The van der Waals surface area contributed by atoms with Gasteiger partial charge in [-0.3, -0.25) is 9.59 Å². The molecule has 11 nitrogen and oxygen atoms in total. The van der Waals surface area contributed by atoms with Crippen molar-refractivity contribution in [2.24, 2.45) is 17.8 Å². The Bertz CT molecular complexity index is 1660. The Labute approximate surface area is 407 Å². The van der Waals surface area contributed by atoms with Crippen LogP contribution in [0.4, 0.5) is 0 Å². The molecule has 2 aromatic rings. The van der Waals surface area contributed by atoms with Crippen LogP contribution in [0.5, 0.6) is 0 Å². The number of rotatable bonds is 36. The van der Waals surface area contributed by atoms with Crippen molar-refractivity contribution in [1.29, 1.82) is 0 Å². The molecule has 0 radical (unpaired) electrons. The molecule has 12 heteroatoms. The topological polar surface area (TPSA) is 144 Å². The summed E-state index contributed by atoms with van der Waals surface area (Å²) in [5, 5.41) is 21.2. The molecule has 0 aliphatic heterocycles. The molecular weight excluding hydrogens is 859 g/mol. The number of carbonyl (C=O) groups excluding carboxylic acids is 3. The van der Waals surface area contributed by atoms with E-state index in [0.717, 1.165) is 30.4 Å². The SMILES string of the molecule is C=CCOC(=O)[C@H](COCc1ccccc1)NC(=O)[C@@H](NC(=O)[C@@H](NC[C@@H](C)[C@@H](O)[C@@H](C)[C@@H](CCCCCCCCCCCCC)O[Si](C)(C)C(C)(C)C)C(C)C)[C@H](C)OCc1ccccc1. The van der Waals surface area contributed by atoms with Crippen LogP contribution in [-0.4, -0.2) is 87.4 Å². The highest BCUT2D eigenvalue weighted by molar-refractivity contribution is 6.74. The van der Waals surface area contributed by atoms with E-state index in [1.165, 1.54) is 63.9 Å². The summed E-state index contributed by atoms with van der Waals surface area (Å²) in [6.45, 7) is 27.5. The molecule has 0 bridgehead atoms. The highest BCUT2D eigenvalue weighted by atomic mass is 28.4. The van der Waals surface area contributed by atoms with Crippen molar-refractivity contribution < 1.29 is 38.1 Å². The molecule has 0 saturated carbocycles. The van der Waals surface area contributed by atoms with E-state index in [1.54, 1.807) is 6.92 Å². The third kappa shape index (κ3) is 23.2. The molecule has 2 aromatic carbocycles. The van der Waals surface area contributed by atoms with E-state index >= 15 is 0 Å². The quantitative estimate of drug-likeness (QED) is 0.0227. The number of benzene rings is 2. The zero-order valence-corrected chi connectivity index (χ0v) is 44.6. The molecule has 0 aliphatic carbocycles. The summed E-state index contributed by atoms with van der Waals surface area (Å²) in [5.41, 5.74) is 1.81. The minimum absolute atomic E-state index is 0.0305. The lowest BCUT2D eigenvalue weighted by Crippen LogP contribution is -2.60. The second-order valence-corrected chi connectivity index (χ2v) is 25.4. The minimum atomic E-state index is -2.14. The van der Waals surface area contributed by atoms with Crippen LogP contribution in [-0.2, 0) is 46.2 Å². The van der Waals surface area contributed by atoms with E-state index in [9.17, 15) is 19.5 Å². The largest absolute Gasteiger partial charge is 0.460 e. The highest BCUT2D eigenvalue weighted by Crippen LogP contribution is 2.39. The van der Waals surface area contributed by atoms with Gasteiger partial charge in [0.2, 0.25) is 11.8 Å². The summed E-state index contributed by atoms with van der Waals surface area (Å²) in [6.07, 6.45) is 14.8. The Balaban J connectivity index is 2.20. The van der Waals surface area contributed by atoms with Gasteiger partial charge in [0.15, 0.2) is 14.4 Å². The first-order valence-electron chi connectivity index (χ1n) is 25.6. The predicted octanol–water partition coefficient (Wildman–Crippen LogP) is 10.8. The zero-order valence-electron chi connectivity index (χ0n) is 43.6. The molecule has 2 rings (SSSR count). The van der Waals surface area contributed by atoms with Crippen molar-refractivity contribution in [3.63, 3.8) is 0 Å². The van der Waals surface area contributed by atoms with Crippen LogP contribution in [0, 0.1) is 17.8 Å². The number of amides is 2. The van der Waals surface area contributed by atoms with E-state index in [4.69, 9.17) is 18.6 Å². The molecule has 0 aromatic heterocycles. The first kappa shape index (κ1) is 59.7. The monoisotopic (exact) mass is 952 g/mol. The normalized spacial score (nSPS) is 15.7.